The van der Waals surface area contributed by atoms with E-state index < -0.39 is 22.9 Å². The van der Waals surface area contributed by atoms with Crippen LogP contribution in [-0.2, 0) is 10.1 Å². The predicted octanol–water partition coefficient (Wildman–Crippen LogP) is 3.62. The van der Waals surface area contributed by atoms with E-state index in [2.05, 4.69) is 83.8 Å². The Morgan fingerprint density at radius 1 is 0.771 bits per heavy atom. The van der Waals surface area contributed by atoms with Gasteiger partial charge < -0.3 is 4.55 Å². The number of hydrogen-bond acceptors (Lipinski definition) is 5. The average Bonchev–Trinajstić information content (AvgIpc) is 2.86. The lowest BCUT2D eigenvalue weighted by molar-refractivity contribution is -0.0517. The highest BCUT2D eigenvalue weighted by atomic mass is 32.2. The Hall–Kier alpha value is -3.57. The minimum Gasteiger partial charge on any atom is -0.741 e. The van der Waals surface area contributed by atoms with Crippen molar-refractivity contribution >= 4 is 38.6 Å². The third-order valence-corrected chi connectivity index (χ3v) is 9.89. The Balaban J connectivity index is 0.000000371. The van der Waals surface area contributed by atoms with E-state index in [1.54, 1.807) is 12.4 Å². The van der Waals surface area contributed by atoms with Crippen LogP contribution in [0.1, 0.15) is 5.56 Å². The van der Waals surface area contributed by atoms with Crippen molar-refractivity contribution in [3.8, 4) is 6.07 Å². The van der Waals surface area contributed by atoms with Crippen molar-refractivity contribution in [3.63, 3.8) is 0 Å². The molecule has 0 saturated carbocycles. The molecule has 0 spiro atoms. The number of nitriles is 1. The lowest BCUT2D eigenvalue weighted by Crippen LogP contribution is -2.39. The molecule has 10 heteroatoms. The summed E-state index contributed by atoms with van der Waals surface area (Å²) in [7, 11) is -8.31. The Morgan fingerprint density at radius 3 is 1.46 bits per heavy atom. The molecule has 0 aliphatic carbocycles. The second-order valence-corrected chi connectivity index (χ2v) is 11.8. The van der Waals surface area contributed by atoms with E-state index in [1.165, 1.54) is 15.9 Å². The molecule has 0 atom stereocenters. The van der Waals surface area contributed by atoms with Crippen LogP contribution < -0.4 is 21.2 Å². The molecule has 0 radical (unpaired) electrons. The van der Waals surface area contributed by atoms with Gasteiger partial charge in [-0.15, -0.1) is 0 Å². The highest BCUT2D eigenvalue weighted by Gasteiger charge is 2.49. The van der Waals surface area contributed by atoms with Crippen molar-refractivity contribution in [1.29, 1.82) is 5.26 Å². The van der Waals surface area contributed by atoms with Crippen molar-refractivity contribution in [3.05, 3.63) is 115 Å². The molecule has 5 nitrogen and oxygen atoms in total. The van der Waals surface area contributed by atoms with Crippen LogP contribution in [0.4, 0.5) is 13.2 Å². The molecule has 0 N–H and O–H groups in total. The molecule has 0 aliphatic heterocycles. The molecule has 4 rings (SSSR count). The molecule has 1 heterocycles. The van der Waals surface area contributed by atoms with E-state index in [0.717, 1.165) is 5.30 Å². The van der Waals surface area contributed by atoms with Crippen molar-refractivity contribution in [2.45, 2.75) is 5.51 Å². The number of aromatic nitrogens is 1. The fraction of sp³-hybridized carbons (Fsp3) is 0.0400. The van der Waals surface area contributed by atoms with Gasteiger partial charge in [0, 0.05) is 18.5 Å². The van der Waals surface area contributed by atoms with Crippen molar-refractivity contribution in [2.24, 2.45) is 0 Å². The summed E-state index contributed by atoms with van der Waals surface area (Å²) < 4.78 is 58.9. The molecular weight excluding hydrogens is 496 g/mol. The highest BCUT2D eigenvalue weighted by Crippen LogP contribution is 2.54. The monoisotopic (exact) mass is 514 g/mol. The number of hydrogen-bond donors (Lipinski definition) is 0. The third kappa shape index (κ3) is 5.57. The normalized spacial score (nSPS) is 11.6. The van der Waals surface area contributed by atoms with E-state index in [0.29, 0.717) is 5.56 Å². The van der Waals surface area contributed by atoms with Crippen molar-refractivity contribution in [2.75, 3.05) is 0 Å². The summed E-state index contributed by atoms with van der Waals surface area (Å²) in [5.41, 5.74) is -5.02. The largest absolute Gasteiger partial charge is 0.741 e. The summed E-state index contributed by atoms with van der Waals surface area (Å²) in [5.74, 6) is 0. The molecule has 1 aromatic heterocycles. The zero-order valence-corrected chi connectivity index (χ0v) is 19.7. The summed E-state index contributed by atoms with van der Waals surface area (Å²) in [6.07, 6.45) is 3.47. The van der Waals surface area contributed by atoms with E-state index in [1.807, 2.05) is 24.3 Å². The van der Waals surface area contributed by atoms with Crippen LogP contribution in [0.3, 0.4) is 0 Å². The number of alkyl halides is 3. The van der Waals surface area contributed by atoms with E-state index in [9.17, 15) is 18.4 Å². The minimum absolute atomic E-state index is 0.627. The first-order valence-electron chi connectivity index (χ1n) is 10.0. The first kappa shape index (κ1) is 26.0. The summed E-state index contributed by atoms with van der Waals surface area (Å²) in [5, 5.41) is 14.6. The van der Waals surface area contributed by atoms with Gasteiger partial charge in [0.1, 0.15) is 40.1 Å². The van der Waals surface area contributed by atoms with Gasteiger partial charge >= 0.3 is 5.51 Å². The molecule has 4 aromatic rings. The predicted molar refractivity (Wildman–Crippen MR) is 129 cm³/mol. The summed E-state index contributed by atoms with van der Waals surface area (Å²) in [6.45, 7) is 0. The van der Waals surface area contributed by atoms with E-state index >= 15 is 0 Å². The van der Waals surface area contributed by atoms with Gasteiger partial charge in [0.15, 0.2) is 10.1 Å². The molecule has 0 aliphatic rings. The van der Waals surface area contributed by atoms with Gasteiger partial charge in [-0.1, -0.05) is 54.6 Å². The van der Waals surface area contributed by atoms with E-state index in [4.69, 9.17) is 13.0 Å². The molecule has 0 fully saturated rings. The highest BCUT2D eigenvalue weighted by molar-refractivity contribution is 8.01. The molecule has 0 unspecified atom stereocenters. The molecule has 35 heavy (non-hydrogen) atoms. The van der Waals surface area contributed by atoms with Crippen LogP contribution in [0.15, 0.2) is 109 Å². The van der Waals surface area contributed by atoms with Gasteiger partial charge in [-0.05, 0) is 36.4 Å². The third-order valence-electron chi connectivity index (χ3n) is 4.99. The molecule has 0 amide bonds. The van der Waals surface area contributed by atoms with Crippen LogP contribution in [0.25, 0.3) is 0 Å². The maximum atomic E-state index is 10.7. The fourth-order valence-corrected chi connectivity index (χ4v) is 7.93. The van der Waals surface area contributed by atoms with Gasteiger partial charge in [-0.2, -0.15) is 18.4 Å². The van der Waals surface area contributed by atoms with Crippen molar-refractivity contribution < 1.29 is 26.1 Å². The smallest absolute Gasteiger partial charge is 0.485 e. The van der Waals surface area contributed by atoms with Gasteiger partial charge in [-0.3, -0.25) is 4.98 Å². The number of halogens is 3. The molecule has 3 aromatic carbocycles. The molecule has 0 bridgehead atoms. The van der Waals surface area contributed by atoms with Gasteiger partial charge in [0.25, 0.3) is 0 Å². The maximum absolute atomic E-state index is 10.7. The molecule has 0 saturated heterocycles. The van der Waals surface area contributed by atoms with Crippen LogP contribution in [0, 0.1) is 11.3 Å². The first-order chi connectivity index (χ1) is 16.6. The summed E-state index contributed by atoms with van der Waals surface area (Å²) >= 11 is 0. The Morgan fingerprint density at radius 2 is 1.14 bits per heavy atom. The van der Waals surface area contributed by atoms with Gasteiger partial charge in [-0.25, -0.2) is 8.42 Å². The van der Waals surface area contributed by atoms with Gasteiger partial charge in [0.05, 0.1) is 0 Å². The van der Waals surface area contributed by atoms with Crippen LogP contribution >= 0.6 is 7.26 Å². The second-order valence-electron chi connectivity index (χ2n) is 7.08. The zero-order valence-electron chi connectivity index (χ0n) is 18.0. The summed E-state index contributed by atoms with van der Waals surface area (Å²) in [4.78, 5) is 4.21. The second kappa shape index (κ2) is 10.8. The Bertz CT molecular complexity index is 1310. The summed E-state index contributed by atoms with van der Waals surface area (Å²) in [6, 6.07) is 36.0. The lowest BCUT2D eigenvalue weighted by atomic mass is 10.3. The Kier molecular flexibility index (Phi) is 8.03. The van der Waals surface area contributed by atoms with E-state index in [-0.39, 0.29) is 0 Å². The van der Waals surface area contributed by atoms with Gasteiger partial charge in [0.2, 0.25) is 0 Å². The number of benzene rings is 3. The van der Waals surface area contributed by atoms with Crippen molar-refractivity contribution in [1.82, 2.24) is 4.98 Å². The standard InChI is InChI=1S/C24H18N2P.CHF3O3S/c25-18-20-19-26-17-16-24(20)27(21-10-4-1-5-11-21,22-12-6-2-7-13-22)23-14-8-3-9-15-23;2-1(3,4)8(5,6)7/h1-17,19H;(H,5,6,7)/q+1;/p-1. The number of pyridine rings is 1. The number of rotatable bonds is 4. The average molecular weight is 514 g/mol. The lowest BCUT2D eigenvalue weighted by Gasteiger charge is -2.27. The minimum atomic E-state index is -6.09. The first-order valence-corrected chi connectivity index (χ1v) is 13.2. The number of nitrogens with zero attached hydrogens (tertiary/aromatic N) is 2. The SMILES string of the molecule is N#Cc1cnccc1[P+](c1ccccc1)(c1ccccc1)c1ccccc1.O=S(=O)([O-])C(F)(F)F. The van der Waals surface area contributed by atoms with Crippen LogP contribution in [-0.4, -0.2) is 23.5 Å². The Labute approximate surface area is 201 Å². The quantitative estimate of drug-likeness (QED) is 0.236. The van der Waals surface area contributed by atoms with Crippen LogP contribution in [0.5, 0.6) is 0 Å². The molecule has 178 valence electrons. The topological polar surface area (TPSA) is 93.9 Å². The fourth-order valence-electron chi connectivity index (χ4n) is 3.59. The van der Waals surface area contributed by atoms with Crippen LogP contribution in [0.2, 0.25) is 0 Å². The zero-order chi connectivity index (χ0) is 25.5. The maximum Gasteiger partial charge on any atom is 0.485 e. The molecular formula is C25H18F3N2O3PS.